The lowest BCUT2D eigenvalue weighted by Gasteiger charge is -2.08. The lowest BCUT2D eigenvalue weighted by Crippen LogP contribution is -2.02. The molecular weight excluding hydrogens is 293 g/mol. The van der Waals surface area contributed by atoms with Crippen molar-refractivity contribution in [2.75, 3.05) is 5.73 Å². The van der Waals surface area contributed by atoms with Gasteiger partial charge in [0.15, 0.2) is 5.82 Å². The molecule has 0 aliphatic carbocycles. The summed E-state index contributed by atoms with van der Waals surface area (Å²) in [6, 6.07) is 9.82. The number of aromatic nitrogens is 4. The second-order valence-electron chi connectivity index (χ2n) is 4.58. The van der Waals surface area contributed by atoms with Gasteiger partial charge in [-0.25, -0.2) is 4.39 Å². The molecule has 0 amide bonds. The number of nitrogens with two attached hydrogens (primary N) is 1. The highest BCUT2D eigenvalue weighted by Crippen LogP contribution is 2.28. The molecule has 1 aromatic heterocycles. The van der Waals surface area contributed by atoms with Crippen molar-refractivity contribution in [3.8, 4) is 17.1 Å². The van der Waals surface area contributed by atoms with Crippen molar-refractivity contribution in [1.29, 1.82) is 0 Å². The van der Waals surface area contributed by atoms with Crippen molar-refractivity contribution in [2.45, 2.75) is 6.92 Å². The number of nitrogens with zero attached hydrogens (tertiary/aromatic N) is 4. The lowest BCUT2D eigenvalue weighted by molar-refractivity contribution is 0.615. The maximum atomic E-state index is 13.7. The van der Waals surface area contributed by atoms with E-state index in [1.807, 2.05) is 0 Å². The SMILES string of the molecule is Cc1ccc(-n2nnnc2-c2ccc(Cl)cc2N)cc1F. The van der Waals surface area contributed by atoms with Gasteiger partial charge >= 0.3 is 0 Å². The summed E-state index contributed by atoms with van der Waals surface area (Å²) in [6.07, 6.45) is 0. The van der Waals surface area contributed by atoms with Crippen molar-refractivity contribution in [2.24, 2.45) is 0 Å². The molecule has 0 aliphatic heterocycles. The van der Waals surface area contributed by atoms with Crippen LogP contribution < -0.4 is 5.73 Å². The molecule has 2 N–H and O–H groups in total. The van der Waals surface area contributed by atoms with Gasteiger partial charge < -0.3 is 5.73 Å². The van der Waals surface area contributed by atoms with E-state index in [1.165, 1.54) is 10.7 Å². The zero-order valence-corrected chi connectivity index (χ0v) is 11.8. The number of hydrogen-bond donors (Lipinski definition) is 1. The molecule has 106 valence electrons. The number of aryl methyl sites for hydroxylation is 1. The van der Waals surface area contributed by atoms with Crippen LogP contribution in [0.25, 0.3) is 17.1 Å². The first-order chi connectivity index (χ1) is 10.1. The van der Waals surface area contributed by atoms with Crippen LogP contribution in [0, 0.1) is 12.7 Å². The highest BCUT2D eigenvalue weighted by Gasteiger charge is 2.14. The smallest absolute Gasteiger partial charge is 0.189 e. The molecule has 0 bridgehead atoms. The Balaban J connectivity index is 2.14. The Morgan fingerprint density at radius 2 is 2.00 bits per heavy atom. The third-order valence-corrected chi connectivity index (χ3v) is 3.36. The third-order valence-electron chi connectivity index (χ3n) is 3.12. The van der Waals surface area contributed by atoms with Crippen molar-refractivity contribution >= 4 is 17.3 Å². The van der Waals surface area contributed by atoms with Gasteiger partial charge in [-0.1, -0.05) is 17.7 Å². The summed E-state index contributed by atoms with van der Waals surface area (Å²) in [6.45, 7) is 1.69. The van der Waals surface area contributed by atoms with E-state index in [-0.39, 0.29) is 5.82 Å². The van der Waals surface area contributed by atoms with Gasteiger partial charge in [0.25, 0.3) is 0 Å². The van der Waals surface area contributed by atoms with Crippen LogP contribution in [0.5, 0.6) is 0 Å². The minimum atomic E-state index is -0.321. The first-order valence-electron chi connectivity index (χ1n) is 6.16. The summed E-state index contributed by atoms with van der Waals surface area (Å²) in [4.78, 5) is 0. The molecule has 0 atom stereocenters. The number of halogens is 2. The Bertz CT molecular complexity index is 815. The largest absolute Gasteiger partial charge is 0.398 e. The number of nitrogen functional groups attached to an aromatic ring is 1. The summed E-state index contributed by atoms with van der Waals surface area (Å²) < 4.78 is 15.1. The topological polar surface area (TPSA) is 69.6 Å². The Kier molecular flexibility index (Phi) is 3.31. The van der Waals surface area contributed by atoms with Crippen LogP contribution in [-0.4, -0.2) is 20.2 Å². The highest BCUT2D eigenvalue weighted by atomic mass is 35.5. The monoisotopic (exact) mass is 303 g/mol. The Labute approximate surface area is 125 Å². The standard InChI is InChI=1S/C14H11ClFN5/c1-8-2-4-10(7-12(8)16)21-14(18-19-20-21)11-5-3-9(15)6-13(11)17/h2-7H,17H2,1H3. The second-order valence-corrected chi connectivity index (χ2v) is 5.02. The average Bonchev–Trinajstić information content (AvgIpc) is 2.91. The summed E-state index contributed by atoms with van der Waals surface area (Å²) >= 11 is 5.89. The zero-order valence-electron chi connectivity index (χ0n) is 11.1. The number of tetrazole rings is 1. The van der Waals surface area contributed by atoms with Gasteiger partial charge in [0.05, 0.1) is 5.69 Å². The van der Waals surface area contributed by atoms with Crippen molar-refractivity contribution in [3.05, 3.63) is 52.8 Å². The fourth-order valence-electron chi connectivity index (χ4n) is 1.98. The Morgan fingerprint density at radius 3 is 2.71 bits per heavy atom. The molecule has 5 nitrogen and oxygen atoms in total. The van der Waals surface area contributed by atoms with Crippen molar-refractivity contribution < 1.29 is 4.39 Å². The Morgan fingerprint density at radius 1 is 1.19 bits per heavy atom. The molecule has 0 aliphatic rings. The zero-order chi connectivity index (χ0) is 15.0. The van der Waals surface area contributed by atoms with E-state index in [0.717, 1.165) is 0 Å². The molecule has 0 saturated heterocycles. The maximum absolute atomic E-state index is 13.7. The van der Waals surface area contributed by atoms with Gasteiger partial charge in [-0.2, -0.15) is 4.68 Å². The molecule has 2 aromatic carbocycles. The summed E-state index contributed by atoms with van der Waals surface area (Å²) in [5.74, 6) is 0.102. The minimum absolute atomic E-state index is 0.321. The quantitative estimate of drug-likeness (QED) is 0.739. The lowest BCUT2D eigenvalue weighted by atomic mass is 10.1. The second kappa shape index (κ2) is 5.14. The van der Waals surface area contributed by atoms with Crippen LogP contribution >= 0.6 is 11.6 Å². The number of benzene rings is 2. The van der Waals surface area contributed by atoms with Crippen LogP contribution in [0.1, 0.15) is 5.56 Å². The molecule has 0 radical (unpaired) electrons. The molecule has 0 saturated carbocycles. The van der Waals surface area contributed by atoms with Crippen molar-refractivity contribution in [1.82, 2.24) is 20.2 Å². The molecule has 3 aromatic rings. The molecular formula is C14H11ClFN5. The van der Waals surface area contributed by atoms with Gasteiger partial charge in [0, 0.05) is 16.3 Å². The van der Waals surface area contributed by atoms with E-state index in [0.29, 0.717) is 33.3 Å². The van der Waals surface area contributed by atoms with E-state index in [2.05, 4.69) is 15.5 Å². The fraction of sp³-hybridized carbons (Fsp3) is 0.0714. The fourth-order valence-corrected chi connectivity index (χ4v) is 2.16. The first kappa shape index (κ1) is 13.5. The molecule has 21 heavy (non-hydrogen) atoms. The van der Waals surface area contributed by atoms with Gasteiger partial charge in [0.2, 0.25) is 0 Å². The molecule has 0 spiro atoms. The molecule has 0 fully saturated rings. The number of hydrogen-bond acceptors (Lipinski definition) is 4. The van der Waals surface area contributed by atoms with Crippen LogP contribution in [0.3, 0.4) is 0 Å². The third kappa shape index (κ3) is 2.45. The molecule has 3 rings (SSSR count). The van der Waals surface area contributed by atoms with Gasteiger partial charge in [-0.15, -0.1) is 5.10 Å². The average molecular weight is 304 g/mol. The summed E-state index contributed by atoms with van der Waals surface area (Å²) in [5, 5.41) is 12.0. The van der Waals surface area contributed by atoms with Crippen molar-refractivity contribution in [3.63, 3.8) is 0 Å². The normalized spacial score (nSPS) is 10.8. The van der Waals surface area contributed by atoms with Crippen LogP contribution in [0.4, 0.5) is 10.1 Å². The molecule has 7 heteroatoms. The predicted molar refractivity (Wildman–Crippen MR) is 78.7 cm³/mol. The van der Waals surface area contributed by atoms with Crippen LogP contribution in [-0.2, 0) is 0 Å². The van der Waals surface area contributed by atoms with Gasteiger partial charge in [0.1, 0.15) is 5.82 Å². The van der Waals surface area contributed by atoms with E-state index in [1.54, 1.807) is 37.3 Å². The predicted octanol–water partition coefficient (Wildman–Crippen LogP) is 3.01. The van der Waals surface area contributed by atoms with Gasteiger partial charge in [-0.3, -0.25) is 0 Å². The molecule has 1 heterocycles. The first-order valence-corrected chi connectivity index (χ1v) is 6.54. The van der Waals surface area contributed by atoms with E-state index in [4.69, 9.17) is 17.3 Å². The summed E-state index contributed by atoms with van der Waals surface area (Å²) in [7, 11) is 0. The van der Waals surface area contributed by atoms with E-state index in [9.17, 15) is 4.39 Å². The minimum Gasteiger partial charge on any atom is -0.398 e. The maximum Gasteiger partial charge on any atom is 0.189 e. The Hall–Kier alpha value is -2.47. The molecule has 0 unspecified atom stereocenters. The summed E-state index contributed by atoms with van der Waals surface area (Å²) in [5.41, 5.74) is 8.10. The van der Waals surface area contributed by atoms with Crippen LogP contribution in [0.2, 0.25) is 5.02 Å². The highest BCUT2D eigenvalue weighted by molar-refractivity contribution is 6.31. The van der Waals surface area contributed by atoms with Gasteiger partial charge in [-0.05, 0) is 53.2 Å². The van der Waals surface area contributed by atoms with E-state index < -0.39 is 0 Å². The van der Waals surface area contributed by atoms with Crippen LogP contribution in [0.15, 0.2) is 36.4 Å². The van der Waals surface area contributed by atoms with E-state index >= 15 is 0 Å². The number of anilines is 1. The number of rotatable bonds is 2.